The molecule has 0 saturated carbocycles. The zero-order chi connectivity index (χ0) is 33.6. The van der Waals surface area contributed by atoms with Crippen molar-refractivity contribution >= 4 is 17.8 Å². The van der Waals surface area contributed by atoms with Crippen LogP contribution in [0.25, 0.3) is 0 Å². The Bertz CT molecular complexity index is 1400. The molecular formula is C33H51N9O4. The van der Waals surface area contributed by atoms with Crippen LogP contribution in [0.2, 0.25) is 0 Å². The quantitative estimate of drug-likeness (QED) is 0.0996. The van der Waals surface area contributed by atoms with Gasteiger partial charge in [0, 0.05) is 31.8 Å². The van der Waals surface area contributed by atoms with Gasteiger partial charge in [0.15, 0.2) is 11.8 Å². The van der Waals surface area contributed by atoms with E-state index in [1.54, 1.807) is 29.1 Å². The second-order valence-corrected chi connectivity index (χ2v) is 11.9. The van der Waals surface area contributed by atoms with Gasteiger partial charge in [-0.1, -0.05) is 24.6 Å². The molecule has 46 heavy (non-hydrogen) atoms. The molecule has 13 nitrogen and oxygen atoms in total. The van der Waals surface area contributed by atoms with Crippen LogP contribution in [-0.2, 0) is 29.0 Å². The molecule has 3 rings (SSSR count). The summed E-state index contributed by atoms with van der Waals surface area (Å²) in [6.45, 7) is 10.7. The molecule has 2 amide bonds. The maximum absolute atomic E-state index is 13.9. The summed E-state index contributed by atoms with van der Waals surface area (Å²) in [5, 5.41) is 20.1. The third-order valence-electron chi connectivity index (χ3n) is 8.37. The number of amides is 2. The van der Waals surface area contributed by atoms with Crippen LogP contribution in [0, 0.1) is 19.8 Å². The lowest BCUT2D eigenvalue weighted by atomic mass is 9.95. The predicted octanol–water partition coefficient (Wildman–Crippen LogP) is 3.14. The Labute approximate surface area is 271 Å². The van der Waals surface area contributed by atoms with Gasteiger partial charge in [-0.15, -0.1) is 6.58 Å². The average molecular weight is 638 g/mol. The lowest BCUT2D eigenvalue weighted by molar-refractivity contribution is -0.130. The number of allylic oxidation sites excluding steroid dienone is 1. The summed E-state index contributed by atoms with van der Waals surface area (Å²) in [5.74, 6) is 1.02. The molecule has 1 aromatic carbocycles. The summed E-state index contributed by atoms with van der Waals surface area (Å²) in [6, 6.07) is 0.866. The van der Waals surface area contributed by atoms with Gasteiger partial charge in [-0.2, -0.15) is 4.98 Å². The molecule has 1 unspecified atom stereocenters. The SMILES string of the molecule is C=CCC(CC)CCc1noc([C@H](CCCN)NC(=O)[C@H](Cc2c(C)cc(O)cc2C)NC(=O)[C@H](N)CCCn2ccnc2N)n1. The number of aryl methyl sites for hydroxylation is 4. The number of benzene rings is 1. The number of carbonyl (C=O) groups excluding carboxylic acids is 2. The maximum Gasteiger partial charge on any atom is 0.249 e. The van der Waals surface area contributed by atoms with Crippen molar-refractivity contribution in [2.45, 2.75) is 103 Å². The van der Waals surface area contributed by atoms with Crippen molar-refractivity contribution in [3.63, 3.8) is 0 Å². The number of nitrogens with one attached hydrogen (secondary N) is 2. The Kier molecular flexibility index (Phi) is 14.2. The number of phenols is 1. The highest BCUT2D eigenvalue weighted by Crippen LogP contribution is 2.24. The van der Waals surface area contributed by atoms with Gasteiger partial charge in [0.05, 0.1) is 6.04 Å². The number of aromatic hydroxyl groups is 1. The predicted molar refractivity (Wildman–Crippen MR) is 177 cm³/mol. The number of anilines is 1. The molecule has 2 aromatic heterocycles. The van der Waals surface area contributed by atoms with Crippen molar-refractivity contribution in [2.24, 2.45) is 17.4 Å². The van der Waals surface area contributed by atoms with Gasteiger partial charge in [-0.25, -0.2) is 4.98 Å². The first-order valence-electron chi connectivity index (χ1n) is 16.1. The fourth-order valence-corrected chi connectivity index (χ4v) is 5.55. The highest BCUT2D eigenvalue weighted by Gasteiger charge is 2.29. The van der Waals surface area contributed by atoms with Crippen LogP contribution in [0.3, 0.4) is 0 Å². The fraction of sp³-hybridized carbons (Fsp3) is 0.545. The van der Waals surface area contributed by atoms with Crippen LogP contribution < -0.4 is 27.8 Å². The number of phenolic OH excluding ortho intramolecular Hbond substituents is 1. The van der Waals surface area contributed by atoms with Crippen LogP contribution in [0.15, 0.2) is 41.7 Å². The van der Waals surface area contributed by atoms with E-state index in [1.165, 1.54) is 0 Å². The summed E-state index contributed by atoms with van der Waals surface area (Å²) in [7, 11) is 0. The van der Waals surface area contributed by atoms with E-state index in [9.17, 15) is 14.7 Å². The topological polar surface area (TPSA) is 213 Å². The first kappa shape index (κ1) is 36.2. The molecule has 3 aromatic rings. The zero-order valence-electron chi connectivity index (χ0n) is 27.4. The third kappa shape index (κ3) is 10.7. The molecule has 0 saturated heterocycles. The Hall–Kier alpha value is -4.23. The number of rotatable bonds is 20. The number of aromatic nitrogens is 4. The minimum Gasteiger partial charge on any atom is -0.508 e. The molecule has 4 atom stereocenters. The van der Waals surface area contributed by atoms with Crippen molar-refractivity contribution < 1.29 is 19.2 Å². The first-order valence-corrected chi connectivity index (χ1v) is 16.1. The largest absolute Gasteiger partial charge is 0.508 e. The molecule has 9 N–H and O–H groups in total. The van der Waals surface area contributed by atoms with Gasteiger partial charge < -0.3 is 42.0 Å². The summed E-state index contributed by atoms with van der Waals surface area (Å²) in [5.41, 5.74) is 20.4. The van der Waals surface area contributed by atoms with E-state index in [0.29, 0.717) is 68.8 Å². The molecule has 0 aliphatic heterocycles. The number of hydrogen-bond acceptors (Lipinski definition) is 10. The Balaban J connectivity index is 1.76. The molecule has 13 heteroatoms. The number of nitrogens with zero attached hydrogens (tertiary/aromatic N) is 4. The van der Waals surface area contributed by atoms with E-state index < -0.39 is 29.9 Å². The lowest BCUT2D eigenvalue weighted by Crippen LogP contribution is -2.53. The van der Waals surface area contributed by atoms with Crippen LogP contribution >= 0.6 is 0 Å². The third-order valence-corrected chi connectivity index (χ3v) is 8.37. The van der Waals surface area contributed by atoms with Crippen molar-refractivity contribution in [1.29, 1.82) is 0 Å². The van der Waals surface area contributed by atoms with Crippen molar-refractivity contribution in [3.05, 3.63) is 65.6 Å². The summed E-state index contributed by atoms with van der Waals surface area (Å²) >= 11 is 0. The molecule has 0 radical (unpaired) electrons. The number of nitrogens with two attached hydrogens (primary N) is 3. The van der Waals surface area contributed by atoms with Crippen LogP contribution in [0.1, 0.15) is 86.3 Å². The number of imidazole rings is 1. The Morgan fingerprint density at radius 3 is 2.50 bits per heavy atom. The number of hydrogen-bond donors (Lipinski definition) is 6. The molecule has 0 aliphatic rings. The Morgan fingerprint density at radius 1 is 1.13 bits per heavy atom. The summed E-state index contributed by atoms with van der Waals surface area (Å²) in [6.07, 6.45) is 11.1. The zero-order valence-corrected chi connectivity index (χ0v) is 27.4. The van der Waals surface area contributed by atoms with Gasteiger partial charge in [-0.3, -0.25) is 9.59 Å². The van der Waals surface area contributed by atoms with Gasteiger partial charge in [0.1, 0.15) is 17.8 Å². The molecule has 0 fully saturated rings. The average Bonchev–Trinajstić information content (AvgIpc) is 3.67. The van der Waals surface area contributed by atoms with Gasteiger partial charge in [-0.05, 0) is 93.7 Å². The standard InChI is InChI=1S/C33H51N9O4/c1-5-9-23(6-2)12-13-29-40-32(46-41-29)27(11-7-14-34)38-31(45)28(20-25-21(3)18-24(43)19-22(25)4)39-30(44)26(35)10-8-16-42-17-15-37-33(42)36/h5,15,17-19,23,26-28,43H,1,6-14,16,20,34-35H2,2-4H3,(H2,36,37)(H,38,45)(H,39,44)/t23?,26-,27+,28+/m1/s1. The van der Waals surface area contributed by atoms with Crippen LogP contribution in [0.5, 0.6) is 5.75 Å². The van der Waals surface area contributed by atoms with Crippen LogP contribution in [0.4, 0.5) is 5.95 Å². The van der Waals surface area contributed by atoms with E-state index in [2.05, 4.69) is 39.3 Å². The smallest absolute Gasteiger partial charge is 0.249 e. The van der Waals surface area contributed by atoms with E-state index in [0.717, 1.165) is 36.0 Å². The highest BCUT2D eigenvalue weighted by atomic mass is 16.5. The van der Waals surface area contributed by atoms with E-state index >= 15 is 0 Å². The van der Waals surface area contributed by atoms with E-state index in [-0.39, 0.29) is 12.2 Å². The van der Waals surface area contributed by atoms with Gasteiger partial charge >= 0.3 is 0 Å². The van der Waals surface area contributed by atoms with Crippen molar-refractivity contribution in [2.75, 3.05) is 12.3 Å². The molecule has 0 spiro atoms. The molecule has 0 aliphatic carbocycles. The van der Waals surface area contributed by atoms with E-state index in [1.807, 2.05) is 19.9 Å². The number of carbonyl (C=O) groups is 2. The Morgan fingerprint density at radius 2 is 1.87 bits per heavy atom. The summed E-state index contributed by atoms with van der Waals surface area (Å²) in [4.78, 5) is 35.8. The molecule has 2 heterocycles. The second kappa shape index (κ2) is 18.1. The minimum absolute atomic E-state index is 0.133. The molecule has 252 valence electrons. The minimum atomic E-state index is -0.961. The first-order chi connectivity index (χ1) is 22.1. The van der Waals surface area contributed by atoms with Gasteiger partial charge in [0.25, 0.3) is 0 Å². The lowest BCUT2D eigenvalue weighted by Gasteiger charge is -2.24. The highest BCUT2D eigenvalue weighted by molar-refractivity contribution is 5.90. The maximum atomic E-state index is 13.9. The van der Waals surface area contributed by atoms with E-state index in [4.69, 9.17) is 21.7 Å². The molecular weight excluding hydrogens is 586 g/mol. The van der Waals surface area contributed by atoms with Crippen LogP contribution in [-0.4, -0.2) is 55.2 Å². The molecule has 0 bridgehead atoms. The fourth-order valence-electron chi connectivity index (χ4n) is 5.55. The van der Waals surface area contributed by atoms with Gasteiger partial charge in [0.2, 0.25) is 17.7 Å². The van der Waals surface area contributed by atoms with Crippen molar-refractivity contribution in [3.8, 4) is 5.75 Å². The normalized spacial score (nSPS) is 13.9. The van der Waals surface area contributed by atoms with Crippen molar-refractivity contribution in [1.82, 2.24) is 30.3 Å². The monoisotopic (exact) mass is 637 g/mol. The second-order valence-electron chi connectivity index (χ2n) is 11.9. The number of nitrogen functional groups attached to an aromatic ring is 1. The summed E-state index contributed by atoms with van der Waals surface area (Å²) < 4.78 is 7.40.